The molecule has 0 spiro atoms. The summed E-state index contributed by atoms with van der Waals surface area (Å²) in [7, 11) is 0. The molecule has 0 radical (unpaired) electrons. The lowest BCUT2D eigenvalue weighted by Gasteiger charge is -2.11. The molecule has 0 aliphatic carbocycles. The summed E-state index contributed by atoms with van der Waals surface area (Å²) in [4.78, 5) is 0. The number of furan rings is 1. The molecule has 0 saturated carbocycles. The normalized spacial score (nSPS) is 13.3. The van der Waals surface area contributed by atoms with Crippen molar-refractivity contribution >= 4 is 97.1 Å². The summed E-state index contributed by atoms with van der Waals surface area (Å²) < 4.78 is 55.6. The number of para-hydroxylation sites is 3. The summed E-state index contributed by atoms with van der Waals surface area (Å²) >= 11 is 1.64. The minimum Gasteiger partial charge on any atom is -0.456 e. The number of hydrogen-bond donors (Lipinski definition) is 0. The van der Waals surface area contributed by atoms with Gasteiger partial charge >= 0.3 is 0 Å². The summed E-state index contributed by atoms with van der Waals surface area (Å²) in [5.74, 6) is 0. The maximum atomic E-state index is 8.80. The molecule has 0 atom stereocenters. The van der Waals surface area contributed by atoms with Gasteiger partial charge in [-0.05, 0) is 101 Å². The van der Waals surface area contributed by atoms with Crippen molar-refractivity contribution in [3.63, 3.8) is 0 Å². The van der Waals surface area contributed by atoms with Crippen molar-refractivity contribution in [3.8, 4) is 33.6 Å². The van der Waals surface area contributed by atoms with Gasteiger partial charge in [-0.3, -0.25) is 0 Å². The van der Waals surface area contributed by atoms with Crippen LogP contribution in [0.2, 0.25) is 0 Å². The molecule has 58 heavy (non-hydrogen) atoms. The van der Waals surface area contributed by atoms with E-state index in [9.17, 15) is 0 Å². The van der Waals surface area contributed by atoms with E-state index in [0.29, 0.717) is 5.56 Å². The molecule has 9 aromatic carbocycles. The molecule has 270 valence electrons. The van der Waals surface area contributed by atoms with Crippen LogP contribution in [0, 0.1) is 0 Å². The third kappa shape index (κ3) is 4.49. The molecule has 0 amide bonds. The van der Waals surface area contributed by atoms with Gasteiger partial charge < -0.3 is 13.6 Å². The first-order valence-corrected chi connectivity index (χ1v) is 20.2. The maximum absolute atomic E-state index is 8.80. The third-order valence-corrected chi connectivity index (χ3v) is 12.9. The molecule has 13 aromatic rings. The molecular weight excluding hydrogens is 725 g/mol. The highest BCUT2D eigenvalue weighted by Crippen LogP contribution is 2.44. The molecule has 0 N–H and O–H groups in total. The Balaban J connectivity index is 0.984. The van der Waals surface area contributed by atoms with Crippen molar-refractivity contribution in [2.24, 2.45) is 0 Å². The third-order valence-electron chi connectivity index (χ3n) is 11.8. The highest BCUT2D eigenvalue weighted by Gasteiger charge is 2.20. The molecule has 3 nitrogen and oxygen atoms in total. The highest BCUT2D eigenvalue weighted by molar-refractivity contribution is 7.26. The first kappa shape index (κ1) is 27.2. The van der Waals surface area contributed by atoms with Crippen LogP contribution in [0.15, 0.2) is 198 Å². The maximum Gasteiger partial charge on any atom is 0.137 e. The second-order valence-electron chi connectivity index (χ2n) is 14.9. The average Bonchev–Trinajstić information content (AvgIpc) is 4.07. The van der Waals surface area contributed by atoms with Crippen molar-refractivity contribution < 1.29 is 11.3 Å². The van der Waals surface area contributed by atoms with E-state index in [1.807, 2.05) is 36.4 Å². The van der Waals surface area contributed by atoms with E-state index in [-0.39, 0.29) is 29.7 Å². The lowest BCUT2D eigenvalue weighted by Crippen LogP contribution is -1.94. The van der Waals surface area contributed by atoms with Gasteiger partial charge in [0.15, 0.2) is 0 Å². The van der Waals surface area contributed by atoms with E-state index < -0.39 is 6.04 Å². The van der Waals surface area contributed by atoms with Crippen LogP contribution >= 0.6 is 11.3 Å². The lowest BCUT2D eigenvalue weighted by atomic mass is 9.99. The zero-order valence-corrected chi connectivity index (χ0v) is 31.6. The van der Waals surface area contributed by atoms with Crippen LogP contribution in [0.25, 0.3) is 119 Å². The predicted octanol–water partition coefficient (Wildman–Crippen LogP) is 15.5. The van der Waals surface area contributed by atoms with Crippen LogP contribution in [0.5, 0.6) is 0 Å². The first-order valence-electron chi connectivity index (χ1n) is 21.8. The largest absolute Gasteiger partial charge is 0.456 e. The second kappa shape index (κ2) is 12.1. The molecule has 4 heterocycles. The first-order chi connectivity index (χ1) is 30.8. The number of thiophene rings is 1. The van der Waals surface area contributed by atoms with Gasteiger partial charge in [-0.1, -0.05) is 115 Å². The van der Waals surface area contributed by atoms with E-state index in [2.05, 4.69) is 137 Å². The smallest absolute Gasteiger partial charge is 0.137 e. The number of nitrogens with zero attached hydrogens (tertiary/aromatic N) is 2. The van der Waals surface area contributed by atoms with Gasteiger partial charge in [0.1, 0.15) is 11.2 Å². The fourth-order valence-electron chi connectivity index (χ4n) is 9.33. The Kier molecular flexibility index (Phi) is 5.66. The van der Waals surface area contributed by atoms with Crippen LogP contribution in [-0.2, 0) is 0 Å². The Morgan fingerprint density at radius 3 is 1.83 bits per heavy atom. The quantitative estimate of drug-likeness (QED) is 0.175. The predicted molar refractivity (Wildman–Crippen MR) is 246 cm³/mol. The molecule has 13 rings (SSSR count). The minimum atomic E-state index is -0.394. The number of rotatable bonds is 4. The molecule has 0 bridgehead atoms. The second-order valence-corrected chi connectivity index (χ2v) is 16.0. The van der Waals surface area contributed by atoms with Gasteiger partial charge in [-0.15, -0.1) is 11.3 Å². The number of hydrogen-bond acceptors (Lipinski definition) is 2. The van der Waals surface area contributed by atoms with Crippen molar-refractivity contribution in [1.29, 1.82) is 0 Å². The number of benzene rings is 9. The van der Waals surface area contributed by atoms with E-state index in [0.717, 1.165) is 97.5 Å². The molecule has 0 saturated heterocycles. The zero-order valence-electron chi connectivity index (χ0n) is 35.8. The van der Waals surface area contributed by atoms with E-state index in [1.165, 1.54) is 10.8 Å². The molecular formula is C54H32N2OS. The van der Waals surface area contributed by atoms with Gasteiger partial charge in [-0.25, -0.2) is 0 Å². The van der Waals surface area contributed by atoms with Gasteiger partial charge in [-0.2, -0.15) is 0 Å². The highest BCUT2D eigenvalue weighted by atomic mass is 32.1. The molecule has 4 heteroatoms. The fourth-order valence-corrected chi connectivity index (χ4v) is 10.4. The minimum absolute atomic E-state index is 0.201. The molecule has 4 aromatic heterocycles. The monoisotopic (exact) mass is 761 g/mol. The summed E-state index contributed by atoms with van der Waals surface area (Å²) in [5.41, 5.74) is 11.3. The topological polar surface area (TPSA) is 23.0 Å². The summed E-state index contributed by atoms with van der Waals surface area (Å²) in [6.45, 7) is 0. The lowest BCUT2D eigenvalue weighted by molar-refractivity contribution is 0.669. The van der Waals surface area contributed by atoms with Crippen molar-refractivity contribution in [2.75, 3.05) is 0 Å². The van der Waals surface area contributed by atoms with Gasteiger partial charge in [0, 0.05) is 52.8 Å². The Hall–Kier alpha value is -7.40. The molecule has 0 fully saturated rings. The Morgan fingerprint density at radius 2 is 1.05 bits per heavy atom. The Labute approximate surface area is 343 Å². The van der Waals surface area contributed by atoms with Gasteiger partial charge in [0.25, 0.3) is 0 Å². The van der Waals surface area contributed by atoms with Gasteiger partial charge in [0.05, 0.1) is 40.0 Å². The van der Waals surface area contributed by atoms with Crippen molar-refractivity contribution in [3.05, 3.63) is 194 Å². The average molecular weight is 762 g/mol. The van der Waals surface area contributed by atoms with Crippen LogP contribution in [0.4, 0.5) is 0 Å². The van der Waals surface area contributed by atoms with Crippen LogP contribution in [-0.4, -0.2) is 9.13 Å². The Bertz CT molecular complexity index is 4090. The van der Waals surface area contributed by atoms with E-state index in [1.54, 1.807) is 11.3 Å². The van der Waals surface area contributed by atoms with Crippen LogP contribution in [0.1, 0.15) is 6.85 Å². The zero-order chi connectivity index (χ0) is 42.2. The summed E-state index contributed by atoms with van der Waals surface area (Å²) in [6.07, 6.45) is 0. The molecule has 0 unspecified atom stereocenters. The SMILES string of the molecule is [2H]c1c([2H])c([2H])c(-c2cccc3sc4ccc(-n5c6ccccc6c6cc(-c7ccc8c(c7)c7ccccc7n8-c7cccc8oc9ccccc9c78)ccc65)cc4c23)c([2H])c1[2H]. The Morgan fingerprint density at radius 1 is 0.414 bits per heavy atom. The number of fused-ring (bicyclic) bond motifs is 12. The number of aromatic nitrogens is 2. The van der Waals surface area contributed by atoms with Gasteiger partial charge in [0.2, 0.25) is 0 Å². The van der Waals surface area contributed by atoms with E-state index in [4.69, 9.17) is 11.3 Å². The fraction of sp³-hybridized carbons (Fsp3) is 0. The van der Waals surface area contributed by atoms with Crippen molar-refractivity contribution in [2.45, 2.75) is 0 Å². The van der Waals surface area contributed by atoms with E-state index >= 15 is 0 Å². The molecule has 0 aliphatic heterocycles. The summed E-state index contributed by atoms with van der Waals surface area (Å²) in [6, 6.07) is 56.0. The van der Waals surface area contributed by atoms with Crippen molar-refractivity contribution in [1.82, 2.24) is 9.13 Å². The standard InChI is InChI=1S/C54H32N2OS/c1-2-12-33(13-3-1)37-17-10-23-52-53(37)43-32-36(26-29-51(43)58-52)55-44-18-7-4-14-38(44)41-30-34(24-27-46(41)55)35-25-28-47-42(31-35)39-15-5-8-19-45(39)56(47)48-20-11-22-50-54(48)40-16-6-9-21-49(40)57-50/h1-32H/i1D,2D,3D,12D,13D. The van der Waals surface area contributed by atoms with Crippen LogP contribution < -0.4 is 0 Å². The van der Waals surface area contributed by atoms with Crippen LogP contribution in [0.3, 0.4) is 0 Å². The summed E-state index contributed by atoms with van der Waals surface area (Å²) in [5, 5.41) is 8.69. The molecule has 0 aliphatic rings.